The molecular formula is C17H29N3O2. The van der Waals surface area contributed by atoms with Crippen molar-refractivity contribution < 1.29 is 9.84 Å². The van der Waals surface area contributed by atoms with Crippen molar-refractivity contribution in [1.29, 1.82) is 0 Å². The van der Waals surface area contributed by atoms with Crippen LogP contribution in [0.1, 0.15) is 39.3 Å². The van der Waals surface area contributed by atoms with E-state index in [0.29, 0.717) is 18.4 Å². The second kappa shape index (κ2) is 10.1. The predicted octanol–water partition coefficient (Wildman–Crippen LogP) is 2.33. The first kappa shape index (κ1) is 18.3. The molecule has 0 fully saturated rings. The third-order valence-corrected chi connectivity index (χ3v) is 3.03. The van der Waals surface area contributed by atoms with E-state index in [2.05, 4.69) is 48.5 Å². The lowest BCUT2D eigenvalue weighted by molar-refractivity contribution is 0.271. The fourth-order valence-electron chi connectivity index (χ4n) is 1.89. The smallest absolute Gasteiger partial charge is 0.191 e. The first-order valence-electron chi connectivity index (χ1n) is 7.95. The van der Waals surface area contributed by atoms with Crippen LogP contribution in [-0.4, -0.2) is 37.4 Å². The number of guanidine groups is 1. The molecule has 0 amide bonds. The minimum absolute atomic E-state index is 0.0485. The van der Waals surface area contributed by atoms with Crippen LogP contribution in [0.2, 0.25) is 0 Å². The first-order chi connectivity index (χ1) is 10.6. The highest BCUT2D eigenvalue weighted by molar-refractivity contribution is 5.80. The molecule has 5 heteroatoms. The minimum atomic E-state index is 0.0485. The highest BCUT2D eigenvalue weighted by Crippen LogP contribution is 2.18. The van der Waals surface area contributed by atoms with Crippen molar-refractivity contribution in [1.82, 2.24) is 10.6 Å². The van der Waals surface area contributed by atoms with Gasteiger partial charge >= 0.3 is 0 Å². The summed E-state index contributed by atoms with van der Waals surface area (Å²) in [6.07, 6.45) is 0. The van der Waals surface area contributed by atoms with Gasteiger partial charge in [0.25, 0.3) is 0 Å². The average molecular weight is 307 g/mol. The Morgan fingerprint density at radius 2 is 1.91 bits per heavy atom. The molecule has 0 saturated heterocycles. The summed E-state index contributed by atoms with van der Waals surface area (Å²) in [5.41, 5.74) is 1.16. The molecule has 1 unspecified atom stereocenters. The fraction of sp³-hybridized carbons (Fsp3) is 0.588. The summed E-state index contributed by atoms with van der Waals surface area (Å²) < 4.78 is 5.69. The van der Waals surface area contributed by atoms with Gasteiger partial charge in [-0.2, -0.15) is 0 Å². The number of aliphatic hydroxyl groups is 1. The lowest BCUT2D eigenvalue weighted by Crippen LogP contribution is -2.38. The number of aliphatic imine (C=N–C) groups is 1. The molecule has 0 radical (unpaired) electrons. The number of hydrogen-bond acceptors (Lipinski definition) is 3. The van der Waals surface area contributed by atoms with Crippen molar-refractivity contribution in [3.05, 3.63) is 29.8 Å². The molecule has 0 spiro atoms. The molecule has 0 aliphatic carbocycles. The molecule has 0 heterocycles. The summed E-state index contributed by atoms with van der Waals surface area (Å²) in [6.45, 7) is 10.3. The summed E-state index contributed by atoms with van der Waals surface area (Å²) in [7, 11) is 0. The van der Waals surface area contributed by atoms with E-state index in [1.807, 2.05) is 19.1 Å². The van der Waals surface area contributed by atoms with Gasteiger partial charge < -0.3 is 20.5 Å². The van der Waals surface area contributed by atoms with Crippen molar-refractivity contribution >= 4 is 5.96 Å². The lowest BCUT2D eigenvalue weighted by atomic mass is 10.1. The molecule has 1 atom stereocenters. The van der Waals surface area contributed by atoms with Crippen molar-refractivity contribution in [3.8, 4) is 5.75 Å². The van der Waals surface area contributed by atoms with Crippen LogP contribution in [0.25, 0.3) is 0 Å². The molecule has 1 aromatic rings. The van der Waals surface area contributed by atoms with Gasteiger partial charge in [-0.3, -0.25) is 4.99 Å². The summed E-state index contributed by atoms with van der Waals surface area (Å²) >= 11 is 0. The predicted molar refractivity (Wildman–Crippen MR) is 91.4 cm³/mol. The maximum atomic E-state index is 8.88. The van der Waals surface area contributed by atoms with Crippen LogP contribution in [0.15, 0.2) is 29.3 Å². The van der Waals surface area contributed by atoms with Crippen LogP contribution in [0.4, 0.5) is 0 Å². The first-order valence-corrected chi connectivity index (χ1v) is 7.95. The molecule has 0 saturated carbocycles. The summed E-state index contributed by atoms with van der Waals surface area (Å²) in [6, 6.07) is 8.23. The van der Waals surface area contributed by atoms with Crippen LogP contribution >= 0.6 is 0 Å². The van der Waals surface area contributed by atoms with Gasteiger partial charge in [0.05, 0.1) is 25.8 Å². The van der Waals surface area contributed by atoms with Crippen LogP contribution in [0, 0.1) is 5.92 Å². The Morgan fingerprint density at radius 3 is 2.45 bits per heavy atom. The Morgan fingerprint density at radius 1 is 1.23 bits per heavy atom. The number of nitrogens with one attached hydrogen (secondary N) is 2. The van der Waals surface area contributed by atoms with Crippen LogP contribution < -0.4 is 15.4 Å². The topological polar surface area (TPSA) is 65.9 Å². The Balaban J connectivity index is 2.62. The zero-order valence-corrected chi connectivity index (χ0v) is 14.1. The zero-order valence-electron chi connectivity index (χ0n) is 14.1. The van der Waals surface area contributed by atoms with E-state index in [9.17, 15) is 0 Å². The molecular weight excluding hydrogens is 278 g/mol. The number of rotatable bonds is 8. The second-order valence-electron chi connectivity index (χ2n) is 5.62. The molecule has 124 valence electrons. The maximum absolute atomic E-state index is 8.88. The molecule has 1 aromatic carbocycles. The Kier molecular flexibility index (Phi) is 8.36. The standard InChI is InChI=1S/C17H29N3O2/c1-5-18-17(19-10-11-21)20-14(4)15-6-8-16(9-7-15)22-12-13(2)3/h6-9,13-14,21H,5,10-12H2,1-4H3,(H2,18,19,20). The SMILES string of the molecule is CCNC(=NCCO)NC(C)c1ccc(OCC(C)C)cc1. The van der Waals surface area contributed by atoms with Gasteiger partial charge in [-0.05, 0) is 37.5 Å². The van der Waals surface area contributed by atoms with Crippen LogP contribution in [0.3, 0.4) is 0 Å². The highest BCUT2D eigenvalue weighted by atomic mass is 16.5. The van der Waals surface area contributed by atoms with Gasteiger partial charge in [0.15, 0.2) is 5.96 Å². The van der Waals surface area contributed by atoms with E-state index in [4.69, 9.17) is 9.84 Å². The monoisotopic (exact) mass is 307 g/mol. The zero-order chi connectivity index (χ0) is 16.4. The Bertz CT molecular complexity index is 444. The Labute approximate surface area is 133 Å². The van der Waals surface area contributed by atoms with E-state index < -0.39 is 0 Å². The number of benzene rings is 1. The average Bonchev–Trinajstić information content (AvgIpc) is 2.51. The normalized spacial score (nSPS) is 13.1. The van der Waals surface area contributed by atoms with Gasteiger partial charge in [-0.15, -0.1) is 0 Å². The van der Waals surface area contributed by atoms with E-state index in [1.54, 1.807) is 0 Å². The largest absolute Gasteiger partial charge is 0.493 e. The van der Waals surface area contributed by atoms with Crippen LogP contribution in [0.5, 0.6) is 5.75 Å². The number of nitrogens with zero attached hydrogens (tertiary/aromatic N) is 1. The van der Waals surface area contributed by atoms with Gasteiger partial charge in [0.1, 0.15) is 5.75 Å². The van der Waals surface area contributed by atoms with E-state index in [1.165, 1.54) is 0 Å². The third-order valence-electron chi connectivity index (χ3n) is 3.03. The minimum Gasteiger partial charge on any atom is -0.493 e. The van der Waals surface area contributed by atoms with Gasteiger partial charge in [0, 0.05) is 6.54 Å². The molecule has 0 aliphatic heterocycles. The number of hydrogen-bond donors (Lipinski definition) is 3. The van der Waals surface area contributed by atoms with Crippen molar-refractivity contribution in [2.75, 3.05) is 26.3 Å². The summed E-state index contributed by atoms with van der Waals surface area (Å²) in [4.78, 5) is 4.28. The molecule has 0 aromatic heterocycles. The molecule has 3 N–H and O–H groups in total. The molecule has 0 bridgehead atoms. The van der Waals surface area contributed by atoms with E-state index in [0.717, 1.165) is 24.5 Å². The van der Waals surface area contributed by atoms with Crippen LogP contribution in [-0.2, 0) is 0 Å². The molecule has 0 aliphatic rings. The Hall–Kier alpha value is -1.75. The maximum Gasteiger partial charge on any atom is 0.191 e. The summed E-state index contributed by atoms with van der Waals surface area (Å²) in [5, 5.41) is 15.4. The lowest BCUT2D eigenvalue weighted by Gasteiger charge is -2.18. The van der Waals surface area contributed by atoms with Crippen molar-refractivity contribution in [3.63, 3.8) is 0 Å². The van der Waals surface area contributed by atoms with Crippen molar-refractivity contribution in [2.45, 2.75) is 33.7 Å². The van der Waals surface area contributed by atoms with Gasteiger partial charge in [-0.25, -0.2) is 0 Å². The quantitative estimate of drug-likeness (QED) is 0.509. The van der Waals surface area contributed by atoms with Gasteiger partial charge in [-0.1, -0.05) is 26.0 Å². The summed E-state index contributed by atoms with van der Waals surface area (Å²) in [5.74, 6) is 2.13. The van der Waals surface area contributed by atoms with Crippen molar-refractivity contribution in [2.24, 2.45) is 10.9 Å². The van der Waals surface area contributed by atoms with E-state index in [-0.39, 0.29) is 12.6 Å². The fourth-order valence-corrected chi connectivity index (χ4v) is 1.89. The van der Waals surface area contributed by atoms with E-state index >= 15 is 0 Å². The highest BCUT2D eigenvalue weighted by Gasteiger charge is 2.08. The van der Waals surface area contributed by atoms with Gasteiger partial charge in [0.2, 0.25) is 0 Å². The molecule has 22 heavy (non-hydrogen) atoms. The number of aliphatic hydroxyl groups excluding tert-OH is 1. The molecule has 1 rings (SSSR count). The molecule has 5 nitrogen and oxygen atoms in total. The third kappa shape index (κ3) is 6.80. The second-order valence-corrected chi connectivity index (χ2v) is 5.62. The number of ether oxygens (including phenoxy) is 1.